The molecular weight excluding hydrogens is 402 g/mol. The minimum absolute atomic E-state index is 0.0213. The highest BCUT2D eigenvalue weighted by Crippen LogP contribution is 2.31. The first-order chi connectivity index (χ1) is 15.0. The van der Waals surface area contributed by atoms with Crippen LogP contribution in [0.15, 0.2) is 34.1 Å². The molecule has 1 N–H and O–H groups in total. The topological polar surface area (TPSA) is 101 Å². The highest BCUT2D eigenvalue weighted by molar-refractivity contribution is 5.98. The van der Waals surface area contributed by atoms with Gasteiger partial charge in [0.15, 0.2) is 0 Å². The van der Waals surface area contributed by atoms with Crippen LogP contribution in [-0.2, 0) is 30.4 Å². The summed E-state index contributed by atoms with van der Waals surface area (Å²) in [6.45, 7) is 5.11. The number of rotatable bonds is 9. The number of amides is 3. The second-order valence-electron chi connectivity index (χ2n) is 7.77. The minimum atomic E-state index is -0.581. The second kappa shape index (κ2) is 11.1. The van der Waals surface area contributed by atoms with Gasteiger partial charge in [-0.05, 0) is 31.9 Å². The average Bonchev–Trinajstić information content (AvgIpc) is 3.30. The number of nitrogens with zero attached hydrogens (tertiary/aromatic N) is 2. The summed E-state index contributed by atoms with van der Waals surface area (Å²) in [4.78, 5) is 42.3. The maximum atomic E-state index is 13.2. The van der Waals surface area contributed by atoms with E-state index in [4.69, 9.17) is 13.9 Å². The fraction of sp³-hybridized carbons (Fsp3) is 0.591. The van der Waals surface area contributed by atoms with Gasteiger partial charge in [0.1, 0.15) is 5.76 Å². The third-order valence-corrected chi connectivity index (χ3v) is 5.67. The zero-order chi connectivity index (χ0) is 22.2. The number of furan rings is 1. The van der Waals surface area contributed by atoms with Gasteiger partial charge in [0, 0.05) is 51.0 Å². The molecule has 170 valence electrons. The first-order valence-electron chi connectivity index (χ1n) is 10.7. The summed E-state index contributed by atoms with van der Waals surface area (Å²) in [7, 11) is 1.61. The van der Waals surface area contributed by atoms with Gasteiger partial charge in [0.05, 0.1) is 31.9 Å². The normalized spacial score (nSPS) is 19.7. The molecule has 3 heterocycles. The van der Waals surface area contributed by atoms with Crippen molar-refractivity contribution in [2.45, 2.75) is 32.7 Å². The fourth-order valence-electron chi connectivity index (χ4n) is 3.93. The Kier molecular flexibility index (Phi) is 8.25. The third kappa shape index (κ3) is 5.95. The van der Waals surface area contributed by atoms with E-state index in [2.05, 4.69) is 5.32 Å². The van der Waals surface area contributed by atoms with E-state index in [1.54, 1.807) is 35.3 Å². The zero-order valence-corrected chi connectivity index (χ0v) is 18.2. The molecule has 9 nitrogen and oxygen atoms in total. The molecule has 2 aliphatic heterocycles. The van der Waals surface area contributed by atoms with E-state index >= 15 is 0 Å². The molecule has 3 amide bonds. The lowest BCUT2D eigenvalue weighted by atomic mass is 9.88. The van der Waals surface area contributed by atoms with Gasteiger partial charge in [-0.3, -0.25) is 14.4 Å². The fourth-order valence-corrected chi connectivity index (χ4v) is 3.93. The Bertz CT molecular complexity index is 798. The Morgan fingerprint density at radius 3 is 2.74 bits per heavy atom. The number of carbonyl (C=O) groups is 3. The van der Waals surface area contributed by atoms with Crippen LogP contribution in [-0.4, -0.2) is 74.1 Å². The van der Waals surface area contributed by atoms with Crippen molar-refractivity contribution >= 4 is 17.7 Å². The maximum absolute atomic E-state index is 13.2. The highest BCUT2D eigenvalue weighted by atomic mass is 16.5. The smallest absolute Gasteiger partial charge is 0.251 e. The molecule has 1 aromatic rings. The van der Waals surface area contributed by atoms with Crippen LogP contribution in [0.25, 0.3) is 0 Å². The van der Waals surface area contributed by atoms with Crippen LogP contribution in [0.1, 0.15) is 31.9 Å². The van der Waals surface area contributed by atoms with Gasteiger partial charge < -0.3 is 29.0 Å². The van der Waals surface area contributed by atoms with Crippen LogP contribution in [0.5, 0.6) is 0 Å². The van der Waals surface area contributed by atoms with Gasteiger partial charge >= 0.3 is 0 Å². The van der Waals surface area contributed by atoms with Gasteiger partial charge in [-0.15, -0.1) is 0 Å². The Morgan fingerprint density at radius 1 is 1.29 bits per heavy atom. The number of hydrogen-bond donors (Lipinski definition) is 1. The van der Waals surface area contributed by atoms with Crippen molar-refractivity contribution in [2.24, 2.45) is 5.92 Å². The summed E-state index contributed by atoms with van der Waals surface area (Å²) < 4.78 is 15.7. The number of ether oxygens (including phenoxy) is 2. The lowest BCUT2D eigenvalue weighted by molar-refractivity contribution is -0.139. The van der Waals surface area contributed by atoms with Crippen LogP contribution in [0.3, 0.4) is 0 Å². The van der Waals surface area contributed by atoms with E-state index in [0.29, 0.717) is 62.9 Å². The summed E-state index contributed by atoms with van der Waals surface area (Å²) in [5.41, 5.74) is 1.27. The summed E-state index contributed by atoms with van der Waals surface area (Å²) >= 11 is 0. The molecule has 31 heavy (non-hydrogen) atoms. The number of carbonyl (C=O) groups excluding carboxylic acids is 3. The molecule has 1 atom stereocenters. The van der Waals surface area contributed by atoms with Crippen LogP contribution in [0, 0.1) is 5.92 Å². The van der Waals surface area contributed by atoms with Crippen LogP contribution < -0.4 is 5.32 Å². The molecule has 1 saturated heterocycles. The zero-order valence-electron chi connectivity index (χ0n) is 18.2. The van der Waals surface area contributed by atoms with Crippen molar-refractivity contribution in [1.29, 1.82) is 0 Å². The van der Waals surface area contributed by atoms with Crippen molar-refractivity contribution < 1.29 is 28.3 Å². The van der Waals surface area contributed by atoms with Gasteiger partial charge in [0.25, 0.3) is 5.91 Å². The third-order valence-electron chi connectivity index (χ3n) is 5.67. The molecule has 0 aromatic carbocycles. The second-order valence-corrected chi connectivity index (χ2v) is 7.77. The van der Waals surface area contributed by atoms with Crippen LogP contribution in [0.4, 0.5) is 0 Å². The van der Waals surface area contributed by atoms with E-state index in [0.717, 1.165) is 0 Å². The standard InChI is InChI=1S/C22H31N3O6/c1-16-19(22(28)24-7-11-30-12-8-24)13-17(21(27)25(16)6-4-9-29-2)14-20(26)23-15-18-5-3-10-31-18/h3,5,10,17H,4,6-9,11-15H2,1-2H3,(H,23,26). The molecule has 2 aliphatic rings. The summed E-state index contributed by atoms with van der Waals surface area (Å²) in [5.74, 6) is -0.387. The highest BCUT2D eigenvalue weighted by Gasteiger charge is 2.37. The molecule has 9 heteroatoms. The van der Waals surface area contributed by atoms with Crippen LogP contribution in [0.2, 0.25) is 0 Å². The van der Waals surface area contributed by atoms with E-state index in [9.17, 15) is 14.4 Å². The van der Waals surface area contributed by atoms with E-state index in [1.807, 2.05) is 6.92 Å². The number of allylic oxidation sites excluding steroid dienone is 1. The molecular formula is C22H31N3O6. The van der Waals surface area contributed by atoms with E-state index in [-0.39, 0.29) is 37.1 Å². The first kappa shape index (κ1) is 23.0. The Balaban J connectivity index is 1.72. The predicted molar refractivity (Wildman–Crippen MR) is 112 cm³/mol. The van der Waals surface area contributed by atoms with Crippen molar-refractivity contribution in [3.8, 4) is 0 Å². The molecule has 0 spiro atoms. The predicted octanol–water partition coefficient (Wildman–Crippen LogP) is 1.30. The lowest BCUT2D eigenvalue weighted by Crippen LogP contribution is -2.47. The Hall–Kier alpha value is -2.65. The minimum Gasteiger partial charge on any atom is -0.467 e. The van der Waals surface area contributed by atoms with Gasteiger partial charge in [-0.25, -0.2) is 0 Å². The molecule has 1 fully saturated rings. The quantitative estimate of drug-likeness (QED) is 0.589. The molecule has 1 aromatic heterocycles. The first-order valence-corrected chi connectivity index (χ1v) is 10.7. The van der Waals surface area contributed by atoms with Crippen molar-refractivity contribution in [3.05, 3.63) is 35.4 Å². The molecule has 0 bridgehead atoms. The molecule has 0 radical (unpaired) electrons. The van der Waals surface area contributed by atoms with Crippen molar-refractivity contribution in [1.82, 2.24) is 15.1 Å². The molecule has 3 rings (SSSR count). The number of hydrogen-bond acceptors (Lipinski definition) is 6. The molecule has 1 unspecified atom stereocenters. The summed E-state index contributed by atoms with van der Waals surface area (Å²) in [5, 5.41) is 2.79. The van der Waals surface area contributed by atoms with E-state index in [1.165, 1.54) is 0 Å². The maximum Gasteiger partial charge on any atom is 0.251 e. The van der Waals surface area contributed by atoms with Crippen LogP contribution >= 0.6 is 0 Å². The SMILES string of the molecule is COCCCN1C(=O)C(CC(=O)NCc2ccco2)CC(C(=O)N2CCOCC2)=C1C. The summed E-state index contributed by atoms with van der Waals surface area (Å²) in [6.07, 6.45) is 2.47. The number of nitrogens with one attached hydrogen (secondary N) is 1. The lowest BCUT2D eigenvalue weighted by Gasteiger charge is -2.36. The largest absolute Gasteiger partial charge is 0.467 e. The van der Waals surface area contributed by atoms with Gasteiger partial charge in [-0.1, -0.05) is 0 Å². The number of morpholine rings is 1. The number of methoxy groups -OCH3 is 1. The van der Waals surface area contributed by atoms with Crippen molar-refractivity contribution in [3.63, 3.8) is 0 Å². The molecule has 0 aliphatic carbocycles. The Labute approximate surface area is 182 Å². The summed E-state index contributed by atoms with van der Waals surface area (Å²) in [6, 6.07) is 3.52. The van der Waals surface area contributed by atoms with E-state index < -0.39 is 5.92 Å². The van der Waals surface area contributed by atoms with Gasteiger partial charge in [-0.2, -0.15) is 0 Å². The van der Waals surface area contributed by atoms with Gasteiger partial charge in [0.2, 0.25) is 11.8 Å². The Morgan fingerprint density at radius 2 is 2.06 bits per heavy atom. The average molecular weight is 434 g/mol. The monoisotopic (exact) mass is 433 g/mol. The van der Waals surface area contributed by atoms with Crippen molar-refractivity contribution in [2.75, 3.05) is 46.6 Å². The molecule has 0 saturated carbocycles.